The van der Waals surface area contributed by atoms with Crippen LogP contribution in [0.4, 0.5) is 0 Å². The SMILES string of the molecule is Cc1cc2c(cc1O)C1(C)CCC(=O)C(C)(C)C1C(O)C2. The average Bonchev–Trinajstić information content (AvgIpc) is 2.37. The molecule has 2 aliphatic rings. The number of Topliss-reactive ketones (excluding diaryl/α,β-unsaturated/α-hetero) is 1. The maximum atomic E-state index is 12.3. The summed E-state index contributed by atoms with van der Waals surface area (Å²) in [5.74, 6) is 0.449. The number of aromatic hydroxyl groups is 1. The number of carbonyl (C=O) groups is 1. The van der Waals surface area contributed by atoms with E-state index < -0.39 is 11.5 Å². The highest BCUT2D eigenvalue weighted by molar-refractivity contribution is 5.86. The van der Waals surface area contributed by atoms with E-state index in [1.807, 2.05) is 32.9 Å². The van der Waals surface area contributed by atoms with Crippen molar-refractivity contribution in [1.29, 1.82) is 0 Å². The number of rotatable bonds is 0. The summed E-state index contributed by atoms with van der Waals surface area (Å²) in [6.45, 7) is 7.94. The molecule has 114 valence electrons. The normalized spacial score (nSPS) is 34.2. The fraction of sp³-hybridized carbons (Fsp3) is 0.611. The Morgan fingerprint density at radius 1 is 1.24 bits per heavy atom. The van der Waals surface area contributed by atoms with Gasteiger partial charge in [-0.15, -0.1) is 0 Å². The number of fused-ring (bicyclic) bond motifs is 3. The predicted octanol–water partition coefficient (Wildman–Crippen LogP) is 2.88. The summed E-state index contributed by atoms with van der Waals surface area (Å²) in [5, 5.41) is 20.8. The lowest BCUT2D eigenvalue weighted by molar-refractivity contribution is -0.143. The Bertz CT molecular complexity index is 617. The first-order valence-corrected chi connectivity index (χ1v) is 7.72. The number of ketones is 1. The van der Waals surface area contributed by atoms with E-state index in [1.165, 1.54) is 0 Å². The second-order valence-electron chi connectivity index (χ2n) is 7.61. The summed E-state index contributed by atoms with van der Waals surface area (Å²) in [5.41, 5.74) is 2.29. The largest absolute Gasteiger partial charge is 0.508 e. The van der Waals surface area contributed by atoms with E-state index in [2.05, 4.69) is 6.92 Å². The number of phenolic OH excluding ortho intramolecular Hbond substituents is 1. The van der Waals surface area contributed by atoms with Crippen molar-refractivity contribution in [3.8, 4) is 5.75 Å². The molecule has 0 aliphatic heterocycles. The van der Waals surface area contributed by atoms with E-state index in [9.17, 15) is 15.0 Å². The molecular weight excluding hydrogens is 264 g/mol. The molecule has 3 atom stereocenters. The Hall–Kier alpha value is -1.35. The third-order valence-electron chi connectivity index (χ3n) is 5.90. The minimum absolute atomic E-state index is 0.0964. The zero-order chi connectivity index (χ0) is 15.6. The predicted molar refractivity (Wildman–Crippen MR) is 81.4 cm³/mol. The van der Waals surface area contributed by atoms with Crippen LogP contribution in [0.3, 0.4) is 0 Å². The number of aryl methyl sites for hydroxylation is 1. The molecule has 3 rings (SSSR count). The molecular formula is C18H24O3. The van der Waals surface area contributed by atoms with Gasteiger partial charge in [0.15, 0.2) is 0 Å². The van der Waals surface area contributed by atoms with Crippen molar-refractivity contribution in [2.24, 2.45) is 11.3 Å². The highest BCUT2D eigenvalue weighted by Crippen LogP contribution is 2.56. The molecule has 0 saturated heterocycles. The first kappa shape index (κ1) is 14.6. The summed E-state index contributed by atoms with van der Waals surface area (Å²) in [6.07, 6.45) is 1.34. The standard InChI is InChI=1S/C18H24O3/c1-10-7-11-8-14(20)16-17(2,3)15(21)5-6-18(16,4)12(11)9-13(10)19/h7,9,14,16,19-20H,5-6,8H2,1-4H3. The molecule has 0 bridgehead atoms. The summed E-state index contributed by atoms with van der Waals surface area (Å²) >= 11 is 0. The van der Waals surface area contributed by atoms with Crippen LogP contribution in [-0.4, -0.2) is 22.1 Å². The Morgan fingerprint density at radius 3 is 2.57 bits per heavy atom. The van der Waals surface area contributed by atoms with E-state index in [4.69, 9.17) is 0 Å². The Kier molecular flexibility index (Phi) is 3.00. The summed E-state index contributed by atoms with van der Waals surface area (Å²) in [6, 6.07) is 3.84. The molecule has 0 spiro atoms. The maximum absolute atomic E-state index is 12.3. The van der Waals surface area contributed by atoms with E-state index in [0.29, 0.717) is 18.6 Å². The van der Waals surface area contributed by atoms with Gasteiger partial charge in [-0.25, -0.2) is 0 Å². The number of benzene rings is 1. The zero-order valence-electron chi connectivity index (χ0n) is 13.2. The molecule has 3 unspecified atom stereocenters. The van der Waals surface area contributed by atoms with Gasteiger partial charge in [-0.3, -0.25) is 4.79 Å². The molecule has 1 fully saturated rings. The number of hydrogen-bond acceptors (Lipinski definition) is 3. The molecule has 1 aromatic carbocycles. The van der Waals surface area contributed by atoms with Gasteiger partial charge in [0, 0.05) is 17.8 Å². The minimum Gasteiger partial charge on any atom is -0.508 e. The lowest BCUT2D eigenvalue weighted by atomic mass is 9.49. The molecule has 1 aromatic rings. The molecule has 3 heteroatoms. The smallest absolute Gasteiger partial charge is 0.138 e. The number of aliphatic hydroxyl groups is 1. The van der Waals surface area contributed by atoms with Crippen LogP contribution in [-0.2, 0) is 16.6 Å². The molecule has 0 radical (unpaired) electrons. The van der Waals surface area contributed by atoms with Crippen LogP contribution in [0.5, 0.6) is 5.75 Å². The minimum atomic E-state index is -0.523. The van der Waals surface area contributed by atoms with Crippen molar-refractivity contribution in [1.82, 2.24) is 0 Å². The van der Waals surface area contributed by atoms with E-state index >= 15 is 0 Å². The first-order chi connectivity index (χ1) is 9.68. The second kappa shape index (κ2) is 4.33. The van der Waals surface area contributed by atoms with Gasteiger partial charge in [0.25, 0.3) is 0 Å². The third-order valence-corrected chi connectivity index (χ3v) is 5.90. The van der Waals surface area contributed by atoms with Crippen LogP contribution in [0.15, 0.2) is 12.1 Å². The van der Waals surface area contributed by atoms with Gasteiger partial charge in [0.05, 0.1) is 6.10 Å². The van der Waals surface area contributed by atoms with Crippen LogP contribution < -0.4 is 0 Å². The lowest BCUT2D eigenvalue weighted by Gasteiger charge is -2.55. The topological polar surface area (TPSA) is 57.5 Å². The van der Waals surface area contributed by atoms with Crippen LogP contribution >= 0.6 is 0 Å². The van der Waals surface area contributed by atoms with Crippen molar-refractivity contribution in [3.63, 3.8) is 0 Å². The monoisotopic (exact) mass is 288 g/mol. The highest BCUT2D eigenvalue weighted by Gasteiger charge is 2.57. The maximum Gasteiger partial charge on any atom is 0.138 e. The average molecular weight is 288 g/mol. The fourth-order valence-corrected chi connectivity index (χ4v) is 4.83. The van der Waals surface area contributed by atoms with Gasteiger partial charge < -0.3 is 10.2 Å². The van der Waals surface area contributed by atoms with E-state index in [1.54, 1.807) is 0 Å². The fourth-order valence-electron chi connectivity index (χ4n) is 4.83. The van der Waals surface area contributed by atoms with Crippen molar-refractivity contribution >= 4 is 5.78 Å². The van der Waals surface area contributed by atoms with Crippen LogP contribution in [0.1, 0.15) is 50.3 Å². The second-order valence-corrected chi connectivity index (χ2v) is 7.61. The number of aliphatic hydroxyl groups excluding tert-OH is 1. The van der Waals surface area contributed by atoms with Crippen molar-refractivity contribution in [2.45, 2.75) is 58.5 Å². The van der Waals surface area contributed by atoms with E-state index in [0.717, 1.165) is 23.1 Å². The van der Waals surface area contributed by atoms with Crippen LogP contribution in [0, 0.1) is 18.3 Å². The molecule has 2 aliphatic carbocycles. The van der Waals surface area contributed by atoms with Gasteiger partial charge in [-0.2, -0.15) is 0 Å². The third kappa shape index (κ3) is 1.87. The van der Waals surface area contributed by atoms with E-state index in [-0.39, 0.29) is 17.1 Å². The Balaban J connectivity index is 2.21. The Labute approximate surface area is 126 Å². The number of hydrogen-bond donors (Lipinski definition) is 2. The lowest BCUT2D eigenvalue weighted by Crippen LogP contribution is -2.57. The van der Waals surface area contributed by atoms with Gasteiger partial charge in [0.2, 0.25) is 0 Å². The molecule has 1 saturated carbocycles. The van der Waals surface area contributed by atoms with Crippen LogP contribution in [0.25, 0.3) is 0 Å². The molecule has 0 amide bonds. The molecule has 3 nitrogen and oxygen atoms in total. The molecule has 0 aromatic heterocycles. The van der Waals surface area contributed by atoms with Crippen LogP contribution in [0.2, 0.25) is 0 Å². The first-order valence-electron chi connectivity index (χ1n) is 7.72. The summed E-state index contributed by atoms with van der Waals surface area (Å²) < 4.78 is 0. The molecule has 21 heavy (non-hydrogen) atoms. The number of phenols is 1. The van der Waals surface area contributed by atoms with Gasteiger partial charge in [0.1, 0.15) is 11.5 Å². The number of carbonyl (C=O) groups excluding carboxylic acids is 1. The summed E-state index contributed by atoms with van der Waals surface area (Å²) in [4.78, 5) is 12.3. The van der Waals surface area contributed by atoms with Crippen molar-refractivity contribution < 1.29 is 15.0 Å². The Morgan fingerprint density at radius 2 is 1.90 bits per heavy atom. The van der Waals surface area contributed by atoms with Gasteiger partial charge in [-0.1, -0.05) is 26.8 Å². The van der Waals surface area contributed by atoms with Crippen molar-refractivity contribution in [3.05, 3.63) is 28.8 Å². The molecule has 2 N–H and O–H groups in total. The van der Waals surface area contributed by atoms with Gasteiger partial charge in [-0.05, 0) is 47.9 Å². The zero-order valence-corrected chi connectivity index (χ0v) is 13.2. The highest BCUT2D eigenvalue weighted by atomic mass is 16.3. The quantitative estimate of drug-likeness (QED) is 0.772. The summed E-state index contributed by atoms with van der Waals surface area (Å²) in [7, 11) is 0. The van der Waals surface area contributed by atoms with Gasteiger partial charge >= 0.3 is 0 Å². The molecule has 0 heterocycles. The van der Waals surface area contributed by atoms with Crippen molar-refractivity contribution in [2.75, 3.05) is 0 Å².